The number of phenolic OH excluding ortho intramolecular Hbond substituents is 3. The molecule has 1 aromatic heterocycles. The molecule has 0 aliphatic heterocycles. The molecule has 24 heteroatoms. The first-order valence-electron chi connectivity index (χ1n) is 21.9. The summed E-state index contributed by atoms with van der Waals surface area (Å²) in [4.78, 5) is 119. The van der Waals surface area contributed by atoms with Crippen molar-refractivity contribution in [3.05, 3.63) is 159 Å². The highest BCUT2D eigenvalue weighted by molar-refractivity contribution is 5.88. The molecule has 0 saturated carbocycles. The van der Waals surface area contributed by atoms with E-state index in [2.05, 4.69) is 19.7 Å². The number of aromatic hydroxyl groups is 3. The van der Waals surface area contributed by atoms with Crippen molar-refractivity contribution in [2.24, 2.45) is 0 Å². The summed E-state index contributed by atoms with van der Waals surface area (Å²) in [6, 6.07) is 12.5. The maximum Gasteiger partial charge on any atom is 0.336 e. The third kappa shape index (κ3) is 17.4. The molecule has 0 radical (unpaired) electrons. The van der Waals surface area contributed by atoms with E-state index in [9.17, 15) is 58.5 Å². The van der Waals surface area contributed by atoms with Crippen LogP contribution < -0.4 is 31.3 Å². The lowest BCUT2D eigenvalue weighted by molar-refractivity contribution is -0.154. The summed E-state index contributed by atoms with van der Waals surface area (Å²) in [5.74, 6) is -6.63. The summed E-state index contributed by atoms with van der Waals surface area (Å²) in [6.07, 6.45) is 3.90. The van der Waals surface area contributed by atoms with Crippen LogP contribution in [0.4, 0.5) is 0 Å². The predicted molar refractivity (Wildman–Crippen MR) is 263 cm³/mol. The highest BCUT2D eigenvalue weighted by Gasteiger charge is 2.28. The lowest BCUT2D eigenvalue weighted by atomic mass is 10.2. The second kappa shape index (κ2) is 28.2. The molecule has 24 nitrogen and oxygen atoms in total. The molecule has 3 aromatic carbocycles. The van der Waals surface area contributed by atoms with Crippen LogP contribution in [-0.2, 0) is 76.8 Å². The molecule has 0 amide bonds. The third-order valence-corrected chi connectivity index (χ3v) is 9.97. The van der Waals surface area contributed by atoms with Crippen LogP contribution in [0, 0.1) is 0 Å². The topological polar surface area (TPSA) is 312 Å². The fourth-order valence-electron chi connectivity index (χ4n) is 6.33. The molecule has 4 rings (SSSR count). The van der Waals surface area contributed by atoms with Gasteiger partial charge >= 0.3 is 52.9 Å². The van der Waals surface area contributed by atoms with Gasteiger partial charge in [0.1, 0.15) is 19.8 Å². The number of hydrogen-bond donors (Lipinski definition) is 3. The molecule has 0 saturated heterocycles. The van der Waals surface area contributed by atoms with Gasteiger partial charge < -0.3 is 58.0 Å². The van der Waals surface area contributed by atoms with E-state index in [4.69, 9.17) is 42.6 Å². The quantitative estimate of drug-likeness (QED) is 0.0438. The highest BCUT2D eigenvalue weighted by atomic mass is 16.6. The van der Waals surface area contributed by atoms with Gasteiger partial charge in [0, 0.05) is 36.5 Å². The molecular weight excluding hydrogens is 991 g/mol. The third-order valence-electron chi connectivity index (χ3n) is 9.97. The average Bonchev–Trinajstić information content (AvgIpc) is 3.40. The molecule has 3 N–H and O–H groups in total. The first kappa shape index (κ1) is 57.7. The van der Waals surface area contributed by atoms with Crippen LogP contribution in [0.15, 0.2) is 125 Å². The fraction of sp³-hybridized carbons (Fsp3) is 0.235. The normalized spacial score (nSPS) is 12.2. The SMILES string of the molecule is C=CC(=O)OC(COC(=O)/C=C/c1ccc(O)c(OC)c1)Cn1c(=O)n(CC(COC(=O)/C=C/c2ccc(O)c(OC)c2)OC(=O)C=C)c(=O)n(CC(COC(=O)/C=C/c2ccc(O)c(OC)c2)OC(=O)C=C)c1=O. The molecular formula is C51H51N3O21. The van der Waals surface area contributed by atoms with E-state index < -0.39 is 111 Å². The van der Waals surface area contributed by atoms with Crippen LogP contribution in [0.2, 0.25) is 0 Å². The van der Waals surface area contributed by atoms with E-state index in [1.165, 1.54) is 94.2 Å². The second-order valence-corrected chi connectivity index (χ2v) is 15.2. The van der Waals surface area contributed by atoms with Crippen LogP contribution in [0.1, 0.15) is 16.7 Å². The Bertz CT molecular complexity index is 2720. The van der Waals surface area contributed by atoms with E-state index in [1.54, 1.807) is 0 Å². The number of aromatic nitrogens is 3. The van der Waals surface area contributed by atoms with Gasteiger partial charge in [-0.25, -0.2) is 56.9 Å². The Morgan fingerprint density at radius 1 is 0.453 bits per heavy atom. The number of phenols is 3. The highest BCUT2D eigenvalue weighted by Crippen LogP contribution is 2.28. The molecule has 3 atom stereocenters. The van der Waals surface area contributed by atoms with Crippen molar-refractivity contribution >= 4 is 54.0 Å². The molecule has 0 aliphatic rings. The number of carbonyl (C=O) groups is 6. The molecule has 396 valence electrons. The first-order chi connectivity index (χ1) is 35.8. The number of rotatable bonds is 27. The van der Waals surface area contributed by atoms with Gasteiger partial charge in [0.05, 0.1) is 41.0 Å². The van der Waals surface area contributed by atoms with Gasteiger partial charge in [-0.05, 0) is 71.3 Å². The van der Waals surface area contributed by atoms with Gasteiger partial charge in [0.2, 0.25) is 0 Å². The summed E-state index contributed by atoms with van der Waals surface area (Å²) in [7, 11) is 3.94. The minimum absolute atomic E-state index is 0.0957. The number of methoxy groups -OCH3 is 3. The Morgan fingerprint density at radius 3 is 0.933 bits per heavy atom. The van der Waals surface area contributed by atoms with Crippen molar-refractivity contribution in [3.63, 3.8) is 0 Å². The molecule has 75 heavy (non-hydrogen) atoms. The number of esters is 6. The second-order valence-electron chi connectivity index (χ2n) is 15.2. The van der Waals surface area contributed by atoms with Crippen LogP contribution in [-0.4, -0.2) is 124 Å². The van der Waals surface area contributed by atoms with Crippen molar-refractivity contribution in [1.82, 2.24) is 13.7 Å². The minimum Gasteiger partial charge on any atom is -0.504 e. The lowest BCUT2D eigenvalue weighted by Gasteiger charge is -2.23. The van der Waals surface area contributed by atoms with Crippen molar-refractivity contribution in [2.45, 2.75) is 37.9 Å². The zero-order valence-electron chi connectivity index (χ0n) is 40.5. The molecule has 3 unspecified atom stereocenters. The van der Waals surface area contributed by atoms with Gasteiger partial charge in [-0.15, -0.1) is 0 Å². The van der Waals surface area contributed by atoms with E-state index in [1.807, 2.05) is 0 Å². The summed E-state index contributed by atoms with van der Waals surface area (Å²) in [5.41, 5.74) is -3.15. The summed E-state index contributed by atoms with van der Waals surface area (Å²) in [6.45, 7) is 4.63. The van der Waals surface area contributed by atoms with E-state index in [-0.39, 0.29) is 34.5 Å². The van der Waals surface area contributed by atoms with Crippen LogP contribution in [0.5, 0.6) is 34.5 Å². The van der Waals surface area contributed by atoms with Crippen molar-refractivity contribution in [2.75, 3.05) is 41.2 Å². The molecule has 4 aromatic rings. The van der Waals surface area contributed by atoms with Gasteiger partial charge in [-0.1, -0.05) is 37.9 Å². The zero-order valence-corrected chi connectivity index (χ0v) is 40.5. The van der Waals surface area contributed by atoms with Gasteiger partial charge in [-0.3, -0.25) is 0 Å². The van der Waals surface area contributed by atoms with Crippen LogP contribution in [0.3, 0.4) is 0 Å². The Balaban J connectivity index is 1.76. The summed E-state index contributed by atoms with van der Waals surface area (Å²) >= 11 is 0. The monoisotopic (exact) mass is 1040 g/mol. The molecule has 0 bridgehead atoms. The van der Waals surface area contributed by atoms with E-state index in [0.29, 0.717) is 30.4 Å². The smallest absolute Gasteiger partial charge is 0.336 e. The first-order valence-corrected chi connectivity index (χ1v) is 21.9. The van der Waals surface area contributed by atoms with Gasteiger partial charge in [0.25, 0.3) is 0 Å². The van der Waals surface area contributed by atoms with Crippen LogP contribution in [0.25, 0.3) is 18.2 Å². The van der Waals surface area contributed by atoms with Gasteiger partial charge in [-0.2, -0.15) is 0 Å². The number of benzene rings is 3. The lowest BCUT2D eigenvalue weighted by Crippen LogP contribution is -2.58. The van der Waals surface area contributed by atoms with Crippen molar-refractivity contribution in [3.8, 4) is 34.5 Å². The Kier molecular flexibility index (Phi) is 21.7. The Labute approximate surface area is 426 Å². The standard InChI is InChI=1S/C51H51N3O21/c1-7-43(58)73-34(28-70-46(61)19-13-31-10-16-37(55)40(22-31)67-4)25-52-49(64)53(26-35(74-44(59)8-2)29-71-47(62)20-14-32-11-17-38(56)41(23-32)68-5)51(66)54(50(52)65)27-36(75-45(60)9-3)30-72-48(63)21-15-33-12-18-39(57)42(24-33)69-6/h7-24,34-36,55-57H,1-3,25-30H2,4-6H3/b19-13+,20-14+,21-15+. The molecule has 0 fully saturated rings. The van der Waals surface area contributed by atoms with Crippen molar-refractivity contribution < 1.29 is 86.7 Å². The summed E-state index contributed by atoms with van der Waals surface area (Å²) in [5, 5.41) is 29.7. The maximum atomic E-state index is 14.4. The average molecular weight is 1040 g/mol. The Morgan fingerprint density at radius 2 is 0.707 bits per heavy atom. The summed E-state index contributed by atoms with van der Waals surface area (Å²) < 4.78 is 48.1. The molecule has 0 spiro atoms. The van der Waals surface area contributed by atoms with Crippen LogP contribution >= 0.6 is 0 Å². The largest absolute Gasteiger partial charge is 0.504 e. The predicted octanol–water partition coefficient (Wildman–Crippen LogP) is 2.38. The number of nitrogens with zero attached hydrogens (tertiary/aromatic N) is 3. The minimum atomic E-state index is -1.68. The molecule has 1 heterocycles. The molecule has 0 aliphatic carbocycles. The fourth-order valence-corrected chi connectivity index (χ4v) is 6.33. The Hall–Kier alpha value is -9.87. The number of hydrogen-bond acceptors (Lipinski definition) is 21. The maximum absolute atomic E-state index is 14.4. The van der Waals surface area contributed by atoms with Gasteiger partial charge in [0.15, 0.2) is 52.8 Å². The van der Waals surface area contributed by atoms with Crippen molar-refractivity contribution in [1.29, 1.82) is 0 Å². The number of ether oxygens (including phenoxy) is 9. The van der Waals surface area contributed by atoms with E-state index in [0.717, 1.165) is 36.5 Å². The zero-order chi connectivity index (χ0) is 55.2. The van der Waals surface area contributed by atoms with E-state index >= 15 is 0 Å². The number of carbonyl (C=O) groups excluding carboxylic acids is 6.